The van der Waals surface area contributed by atoms with E-state index in [0.717, 1.165) is 0 Å². The van der Waals surface area contributed by atoms with Crippen LogP contribution in [0, 0.1) is 0 Å². The van der Waals surface area contributed by atoms with E-state index in [2.05, 4.69) is 0 Å². The number of aliphatic carboxylic acids is 1. The minimum atomic E-state index is -1.04. The van der Waals surface area contributed by atoms with Crippen LogP contribution in [0.3, 0.4) is 0 Å². The van der Waals surface area contributed by atoms with Gasteiger partial charge in [-0.25, -0.2) is 4.79 Å². The number of carboxylic acid groups (broad SMARTS) is 1. The topological polar surface area (TPSA) is 77.8 Å². The van der Waals surface area contributed by atoms with Gasteiger partial charge in [0.1, 0.15) is 5.75 Å². The van der Waals surface area contributed by atoms with Crippen molar-refractivity contribution in [2.75, 3.05) is 4.90 Å². The number of rotatable bonds is 4. The fourth-order valence-electron chi connectivity index (χ4n) is 2.94. The second kappa shape index (κ2) is 6.58. The smallest absolute Gasteiger partial charge is 0.332 e. The molecule has 0 saturated carbocycles. The molecule has 0 aromatic heterocycles. The molecule has 0 unspecified atom stereocenters. The van der Waals surface area contributed by atoms with Crippen LogP contribution in [0.15, 0.2) is 65.7 Å². The van der Waals surface area contributed by atoms with Crippen molar-refractivity contribution in [2.24, 2.45) is 0 Å². The van der Waals surface area contributed by atoms with E-state index in [1.54, 1.807) is 36.4 Å². The molecule has 0 radical (unpaired) electrons. The van der Waals surface area contributed by atoms with Crippen LogP contribution in [0.4, 0.5) is 11.4 Å². The van der Waals surface area contributed by atoms with E-state index < -0.39 is 5.97 Å². The maximum absolute atomic E-state index is 13.1. The number of anilines is 2. The molecule has 1 amide bonds. The summed E-state index contributed by atoms with van der Waals surface area (Å²) in [5.41, 5.74) is 1.63. The fourth-order valence-corrected chi connectivity index (χ4v) is 2.94. The molecule has 2 aromatic carbocycles. The van der Waals surface area contributed by atoms with Crippen LogP contribution in [0.25, 0.3) is 0 Å². The van der Waals surface area contributed by atoms with Crippen LogP contribution in [0.1, 0.15) is 19.3 Å². The Morgan fingerprint density at radius 1 is 0.875 bits per heavy atom. The molecule has 2 aromatic rings. The van der Waals surface area contributed by atoms with Crippen LogP contribution in [-0.2, 0) is 9.59 Å². The summed E-state index contributed by atoms with van der Waals surface area (Å²) in [7, 11) is 0. The highest BCUT2D eigenvalue weighted by molar-refractivity contribution is 6.14. The molecular formula is C19H17NO4. The average molecular weight is 323 g/mol. The molecule has 5 nitrogen and oxygen atoms in total. The molecule has 0 aliphatic heterocycles. The molecule has 0 atom stereocenters. The number of hydrogen-bond donors (Lipinski definition) is 2. The Morgan fingerprint density at radius 3 is 2.21 bits per heavy atom. The molecule has 0 saturated heterocycles. The summed E-state index contributed by atoms with van der Waals surface area (Å²) >= 11 is 0. The summed E-state index contributed by atoms with van der Waals surface area (Å²) in [5, 5.41) is 19.1. The summed E-state index contributed by atoms with van der Waals surface area (Å²) < 4.78 is 0. The number of benzene rings is 2. The molecule has 5 heteroatoms. The van der Waals surface area contributed by atoms with Crippen molar-refractivity contribution < 1.29 is 19.8 Å². The molecule has 0 fully saturated rings. The van der Waals surface area contributed by atoms with Gasteiger partial charge in [-0.05, 0) is 43.5 Å². The van der Waals surface area contributed by atoms with Gasteiger partial charge in [-0.2, -0.15) is 0 Å². The highest BCUT2D eigenvalue weighted by Gasteiger charge is 2.30. The Morgan fingerprint density at radius 2 is 1.54 bits per heavy atom. The first-order chi connectivity index (χ1) is 11.6. The van der Waals surface area contributed by atoms with Gasteiger partial charge in [0, 0.05) is 22.9 Å². The Bertz CT molecular complexity index is 811. The van der Waals surface area contributed by atoms with E-state index in [1.807, 2.05) is 6.07 Å². The standard InChI is InChI=1S/C19H17NO4/c21-15-9-4-8-14(12-15)20(13-6-2-1-3-7-13)18(22)16-10-5-11-17(16)19(23)24/h1-4,6-9,12,21H,5,10-11H2,(H,23,24). The van der Waals surface area contributed by atoms with Crippen molar-refractivity contribution in [3.05, 3.63) is 65.7 Å². The second-order valence-electron chi connectivity index (χ2n) is 5.61. The molecule has 0 bridgehead atoms. The third-order valence-corrected chi connectivity index (χ3v) is 4.04. The normalized spacial score (nSPS) is 13.8. The van der Waals surface area contributed by atoms with Gasteiger partial charge in [-0.1, -0.05) is 24.3 Å². The third kappa shape index (κ3) is 3.01. The fraction of sp³-hybridized carbons (Fsp3) is 0.158. The number of nitrogens with zero attached hydrogens (tertiary/aromatic N) is 1. The van der Waals surface area contributed by atoms with Crippen molar-refractivity contribution in [1.82, 2.24) is 0 Å². The van der Waals surface area contributed by atoms with Gasteiger partial charge >= 0.3 is 5.97 Å². The Balaban J connectivity index is 2.10. The van der Waals surface area contributed by atoms with Crippen LogP contribution >= 0.6 is 0 Å². The second-order valence-corrected chi connectivity index (χ2v) is 5.61. The van der Waals surface area contributed by atoms with Crippen molar-refractivity contribution in [1.29, 1.82) is 0 Å². The molecule has 3 rings (SSSR count). The summed E-state index contributed by atoms with van der Waals surface area (Å²) in [6.07, 6.45) is 1.51. The first-order valence-electron chi connectivity index (χ1n) is 7.72. The predicted octanol–water partition coefficient (Wildman–Crippen LogP) is 3.62. The largest absolute Gasteiger partial charge is 0.508 e. The van der Waals surface area contributed by atoms with Gasteiger partial charge in [0.15, 0.2) is 0 Å². The van der Waals surface area contributed by atoms with Crippen LogP contribution < -0.4 is 4.90 Å². The Labute approximate surface area is 139 Å². The Hall–Kier alpha value is -3.08. The monoisotopic (exact) mass is 323 g/mol. The lowest BCUT2D eigenvalue weighted by Gasteiger charge is -2.24. The number of phenols is 1. The van der Waals surface area contributed by atoms with Gasteiger partial charge in [0.05, 0.1) is 5.69 Å². The summed E-state index contributed by atoms with van der Waals surface area (Å²) in [4.78, 5) is 25.9. The molecule has 122 valence electrons. The molecule has 1 aliphatic carbocycles. The zero-order chi connectivity index (χ0) is 17.1. The maximum Gasteiger partial charge on any atom is 0.332 e. The summed E-state index contributed by atoms with van der Waals surface area (Å²) in [6.45, 7) is 0. The van der Waals surface area contributed by atoms with Crippen molar-refractivity contribution in [3.8, 4) is 5.75 Å². The number of para-hydroxylation sites is 1. The first-order valence-corrected chi connectivity index (χ1v) is 7.72. The first kappa shape index (κ1) is 15.8. The van der Waals surface area contributed by atoms with Crippen molar-refractivity contribution >= 4 is 23.3 Å². The predicted molar refractivity (Wildman–Crippen MR) is 90.2 cm³/mol. The molecule has 0 spiro atoms. The van der Waals surface area contributed by atoms with Gasteiger partial charge in [-0.15, -0.1) is 0 Å². The van der Waals surface area contributed by atoms with Crippen LogP contribution in [0.5, 0.6) is 5.75 Å². The molecule has 2 N–H and O–H groups in total. The van der Waals surface area contributed by atoms with E-state index in [4.69, 9.17) is 0 Å². The van der Waals surface area contributed by atoms with E-state index in [0.29, 0.717) is 36.2 Å². The third-order valence-electron chi connectivity index (χ3n) is 4.04. The minimum absolute atomic E-state index is 0.0418. The van der Waals surface area contributed by atoms with Crippen molar-refractivity contribution in [3.63, 3.8) is 0 Å². The van der Waals surface area contributed by atoms with E-state index in [9.17, 15) is 19.8 Å². The van der Waals surface area contributed by atoms with Crippen LogP contribution in [-0.4, -0.2) is 22.1 Å². The number of amides is 1. The zero-order valence-corrected chi connectivity index (χ0v) is 13.0. The number of carbonyl (C=O) groups is 2. The van der Waals surface area contributed by atoms with E-state index >= 15 is 0 Å². The van der Waals surface area contributed by atoms with E-state index in [-0.39, 0.29) is 17.2 Å². The quantitative estimate of drug-likeness (QED) is 0.901. The zero-order valence-electron chi connectivity index (χ0n) is 13.0. The van der Waals surface area contributed by atoms with Gasteiger partial charge in [-0.3, -0.25) is 9.69 Å². The Kier molecular flexibility index (Phi) is 4.33. The number of carbonyl (C=O) groups excluding carboxylic acids is 1. The molecule has 1 aliphatic rings. The molecule has 24 heavy (non-hydrogen) atoms. The molecular weight excluding hydrogens is 306 g/mol. The van der Waals surface area contributed by atoms with E-state index in [1.165, 1.54) is 17.0 Å². The minimum Gasteiger partial charge on any atom is -0.508 e. The van der Waals surface area contributed by atoms with Gasteiger partial charge in [0.2, 0.25) is 0 Å². The summed E-state index contributed by atoms with van der Waals surface area (Å²) in [6, 6.07) is 15.4. The highest BCUT2D eigenvalue weighted by atomic mass is 16.4. The summed E-state index contributed by atoms with van der Waals surface area (Å²) in [5.74, 6) is -1.36. The van der Waals surface area contributed by atoms with Gasteiger partial charge < -0.3 is 10.2 Å². The lowest BCUT2D eigenvalue weighted by molar-refractivity contribution is -0.133. The number of aromatic hydroxyl groups is 1. The van der Waals surface area contributed by atoms with Crippen molar-refractivity contribution in [2.45, 2.75) is 19.3 Å². The highest BCUT2D eigenvalue weighted by Crippen LogP contribution is 2.34. The SMILES string of the molecule is O=C(O)C1=C(C(=O)N(c2ccccc2)c2cccc(O)c2)CCC1. The lowest BCUT2D eigenvalue weighted by atomic mass is 10.1. The van der Waals surface area contributed by atoms with Crippen LogP contribution in [0.2, 0.25) is 0 Å². The van der Waals surface area contributed by atoms with Gasteiger partial charge in [0.25, 0.3) is 5.91 Å². The maximum atomic E-state index is 13.1. The number of phenolic OH excluding ortho intramolecular Hbond substituents is 1. The number of hydrogen-bond acceptors (Lipinski definition) is 3. The lowest BCUT2D eigenvalue weighted by Crippen LogP contribution is -2.28. The average Bonchev–Trinajstić information content (AvgIpc) is 3.06. The number of carboxylic acids is 1. The molecule has 0 heterocycles.